The second kappa shape index (κ2) is 11.0. The van der Waals surface area contributed by atoms with Gasteiger partial charge >= 0.3 is 0 Å². The molecule has 0 bridgehead atoms. The molecular formula is C27H31N9OS. The number of hydrogen-bond acceptors (Lipinski definition) is 8. The number of nitrogen functional groups attached to an aromatic ring is 1. The number of benzene rings is 1. The monoisotopic (exact) mass is 529 g/mol. The van der Waals surface area contributed by atoms with Crippen LogP contribution >= 0.6 is 11.3 Å². The normalized spacial score (nSPS) is 13.5. The smallest absolute Gasteiger partial charge is 0.247 e. The molecule has 38 heavy (non-hydrogen) atoms. The lowest BCUT2D eigenvalue weighted by Gasteiger charge is -2.25. The molecule has 0 aliphatic carbocycles. The van der Waals surface area contributed by atoms with E-state index in [1.54, 1.807) is 17.5 Å². The maximum absolute atomic E-state index is 11.3. The van der Waals surface area contributed by atoms with Crippen molar-refractivity contribution in [2.45, 2.75) is 39.0 Å². The Hall–Kier alpha value is -4.25. The van der Waals surface area contributed by atoms with Gasteiger partial charge in [-0.3, -0.25) is 9.89 Å². The highest BCUT2D eigenvalue weighted by Gasteiger charge is 2.17. The second-order valence-corrected chi connectivity index (χ2v) is 10.4. The zero-order valence-corrected chi connectivity index (χ0v) is 22.3. The standard InChI is InChI=1S/C15H17N3OS.C12H14N6/c1-2-14(19)16-11-6-7-13-12(10-11)17-15(20-13)18-8-4-3-5-9-18;1-7(2)11-9(8-5-14-15-6-8)3-4-10-16-12(13)17-18(10)11/h2,6-7,10H,1,3-5,8-9H2,(H,16,19);3-7H,1-2H3,(H2,13,17)(H,14,15). The highest BCUT2D eigenvalue weighted by molar-refractivity contribution is 7.22. The van der Waals surface area contributed by atoms with E-state index in [1.165, 1.54) is 25.3 Å². The fourth-order valence-corrected chi connectivity index (χ4v) is 5.59. The Morgan fingerprint density at radius 1 is 1.18 bits per heavy atom. The lowest BCUT2D eigenvalue weighted by Crippen LogP contribution is -2.29. The molecule has 10 nitrogen and oxygen atoms in total. The molecule has 0 saturated carbocycles. The molecule has 5 aromatic rings. The van der Waals surface area contributed by atoms with E-state index in [0.717, 1.165) is 56.6 Å². The number of nitrogens with zero attached hydrogens (tertiary/aromatic N) is 6. The number of aromatic nitrogens is 6. The highest BCUT2D eigenvalue weighted by atomic mass is 32.1. The lowest BCUT2D eigenvalue weighted by molar-refractivity contribution is -0.111. The van der Waals surface area contributed by atoms with Crippen molar-refractivity contribution in [3.63, 3.8) is 0 Å². The van der Waals surface area contributed by atoms with Gasteiger partial charge in [-0.15, -0.1) is 5.10 Å². The van der Waals surface area contributed by atoms with Gasteiger partial charge < -0.3 is 16.0 Å². The number of thiazole rings is 1. The van der Waals surface area contributed by atoms with Crippen LogP contribution in [-0.4, -0.2) is 48.8 Å². The van der Waals surface area contributed by atoms with Crippen LogP contribution in [-0.2, 0) is 4.79 Å². The molecule has 4 N–H and O–H groups in total. The first kappa shape index (κ1) is 25.4. The zero-order valence-electron chi connectivity index (χ0n) is 21.5. The molecular weight excluding hydrogens is 498 g/mol. The molecule has 11 heteroatoms. The van der Waals surface area contributed by atoms with Crippen LogP contribution in [0.2, 0.25) is 0 Å². The molecule has 6 rings (SSSR count). The fourth-order valence-electron chi connectivity index (χ4n) is 4.59. The van der Waals surface area contributed by atoms with E-state index in [1.807, 2.05) is 41.0 Å². The topological polar surface area (TPSA) is 130 Å². The number of fused-ring (bicyclic) bond motifs is 2. The number of carbonyl (C=O) groups is 1. The SMILES string of the molecule is C=CC(=O)Nc1ccc2sc(N3CCCCC3)nc2c1.CC(C)c1c(-c2cn[nH]c2)ccc2nc(N)nn12. The number of nitrogens with one attached hydrogen (secondary N) is 2. The number of pyridine rings is 1. The van der Waals surface area contributed by atoms with Gasteiger partial charge in [0, 0.05) is 36.1 Å². The number of anilines is 3. The third-order valence-corrected chi connectivity index (χ3v) is 7.46. The summed E-state index contributed by atoms with van der Waals surface area (Å²) >= 11 is 1.72. The third-order valence-electron chi connectivity index (χ3n) is 6.36. The zero-order chi connectivity index (χ0) is 26.6. The molecule has 1 saturated heterocycles. The number of hydrogen-bond donors (Lipinski definition) is 3. The summed E-state index contributed by atoms with van der Waals surface area (Å²) < 4.78 is 2.96. The van der Waals surface area contributed by atoms with Gasteiger partial charge in [0.2, 0.25) is 11.9 Å². The summed E-state index contributed by atoms with van der Waals surface area (Å²) in [4.78, 5) is 22.6. The maximum Gasteiger partial charge on any atom is 0.247 e. The molecule has 5 heterocycles. The van der Waals surface area contributed by atoms with Crippen molar-refractivity contribution in [3.05, 3.63) is 61.1 Å². The minimum atomic E-state index is -0.198. The number of H-pyrrole nitrogens is 1. The molecule has 1 aliphatic heterocycles. The van der Waals surface area contributed by atoms with Crippen molar-refractivity contribution in [1.29, 1.82) is 0 Å². The van der Waals surface area contributed by atoms with Crippen molar-refractivity contribution in [2.75, 3.05) is 29.0 Å². The first-order chi connectivity index (χ1) is 18.4. The first-order valence-corrected chi connectivity index (χ1v) is 13.5. The molecule has 1 aromatic carbocycles. The van der Waals surface area contributed by atoms with Gasteiger partial charge in [-0.25, -0.2) is 9.50 Å². The summed E-state index contributed by atoms with van der Waals surface area (Å²) in [5.41, 5.74) is 11.3. The summed E-state index contributed by atoms with van der Waals surface area (Å²) in [5.74, 6) is 0.400. The highest BCUT2D eigenvalue weighted by Crippen LogP contribution is 2.32. The van der Waals surface area contributed by atoms with Gasteiger partial charge in [-0.1, -0.05) is 31.8 Å². The summed E-state index contributed by atoms with van der Waals surface area (Å²) in [5, 5.41) is 14.9. The Kier molecular flexibility index (Phi) is 7.36. The van der Waals surface area contributed by atoms with Crippen molar-refractivity contribution in [3.8, 4) is 11.1 Å². The number of amides is 1. The van der Waals surface area contributed by atoms with Crippen molar-refractivity contribution in [1.82, 2.24) is 29.8 Å². The van der Waals surface area contributed by atoms with Gasteiger partial charge in [0.1, 0.15) is 0 Å². The van der Waals surface area contributed by atoms with Gasteiger partial charge in [0.25, 0.3) is 0 Å². The van der Waals surface area contributed by atoms with Crippen LogP contribution in [0.3, 0.4) is 0 Å². The molecule has 0 unspecified atom stereocenters. The van der Waals surface area contributed by atoms with E-state index in [0.29, 0.717) is 11.9 Å². The first-order valence-electron chi connectivity index (χ1n) is 12.7. The predicted molar refractivity (Wildman–Crippen MR) is 154 cm³/mol. The summed E-state index contributed by atoms with van der Waals surface area (Å²) in [7, 11) is 0. The van der Waals surface area contributed by atoms with E-state index in [9.17, 15) is 4.79 Å². The molecule has 1 fully saturated rings. The van der Waals surface area contributed by atoms with Crippen LogP contribution < -0.4 is 16.0 Å². The second-order valence-electron chi connectivity index (χ2n) is 9.43. The van der Waals surface area contributed by atoms with Gasteiger partial charge in [-0.2, -0.15) is 10.1 Å². The van der Waals surface area contributed by atoms with E-state index >= 15 is 0 Å². The molecule has 0 spiro atoms. The largest absolute Gasteiger partial charge is 0.366 e. The van der Waals surface area contributed by atoms with Gasteiger partial charge in [0.15, 0.2) is 10.8 Å². The van der Waals surface area contributed by atoms with Crippen LogP contribution in [0.15, 0.2) is 55.4 Å². The summed E-state index contributed by atoms with van der Waals surface area (Å²) in [6, 6.07) is 9.78. The fraction of sp³-hybridized carbons (Fsp3) is 0.296. The van der Waals surface area contributed by atoms with E-state index < -0.39 is 0 Å². The van der Waals surface area contributed by atoms with Crippen LogP contribution in [0.25, 0.3) is 27.0 Å². The maximum atomic E-state index is 11.3. The molecule has 4 aromatic heterocycles. The van der Waals surface area contributed by atoms with Crippen molar-refractivity contribution >= 4 is 49.9 Å². The summed E-state index contributed by atoms with van der Waals surface area (Å²) in [6.45, 7) is 9.89. The number of carbonyl (C=O) groups excluding carboxylic acids is 1. The van der Waals surface area contributed by atoms with Crippen molar-refractivity contribution in [2.24, 2.45) is 0 Å². The Labute approximate surface area is 224 Å². The number of piperidine rings is 1. The quantitative estimate of drug-likeness (QED) is 0.266. The number of rotatable bonds is 5. The minimum absolute atomic E-state index is 0.198. The van der Waals surface area contributed by atoms with Crippen LogP contribution in [0, 0.1) is 0 Å². The summed E-state index contributed by atoms with van der Waals surface area (Å²) in [6.07, 6.45) is 8.75. The third kappa shape index (κ3) is 5.37. The van der Waals surface area contributed by atoms with Crippen LogP contribution in [0.4, 0.5) is 16.8 Å². The van der Waals surface area contributed by atoms with Gasteiger partial charge in [-0.05, 0) is 61.6 Å². The Bertz CT molecular complexity index is 1560. The van der Waals surface area contributed by atoms with E-state index in [2.05, 4.69) is 50.9 Å². The number of nitrogens with two attached hydrogens (primary N) is 1. The molecule has 196 valence electrons. The Morgan fingerprint density at radius 2 is 2.00 bits per heavy atom. The van der Waals surface area contributed by atoms with E-state index in [4.69, 9.17) is 10.7 Å². The van der Waals surface area contributed by atoms with Crippen LogP contribution in [0.1, 0.15) is 44.7 Å². The average molecular weight is 530 g/mol. The molecule has 1 aliphatic rings. The van der Waals surface area contributed by atoms with Crippen LogP contribution in [0.5, 0.6) is 0 Å². The Balaban J connectivity index is 0.000000156. The van der Waals surface area contributed by atoms with Gasteiger partial charge in [0.05, 0.1) is 22.1 Å². The van der Waals surface area contributed by atoms with E-state index in [-0.39, 0.29) is 5.91 Å². The molecule has 0 radical (unpaired) electrons. The lowest BCUT2D eigenvalue weighted by atomic mass is 10.00. The molecule has 0 atom stereocenters. The number of aromatic amines is 1. The predicted octanol–water partition coefficient (Wildman–Crippen LogP) is 5.24. The van der Waals surface area contributed by atoms with Crippen molar-refractivity contribution < 1.29 is 4.79 Å². The minimum Gasteiger partial charge on any atom is -0.366 e. The molecule has 1 amide bonds. The Morgan fingerprint density at radius 3 is 2.71 bits per heavy atom. The average Bonchev–Trinajstić information content (AvgIpc) is 3.67.